The molecule has 1 fully saturated rings. The molecule has 0 spiro atoms. The minimum absolute atomic E-state index is 0.0826. The van der Waals surface area contributed by atoms with E-state index < -0.39 is 5.97 Å². The van der Waals surface area contributed by atoms with E-state index in [9.17, 15) is 9.59 Å². The number of aliphatic carboxylic acids is 1. The smallest absolute Gasteiger partial charge is 0.337 e. The number of benzene rings is 1. The average Bonchev–Trinajstić information content (AvgIpc) is 2.27. The van der Waals surface area contributed by atoms with Crippen LogP contribution in [0.15, 0.2) is 24.3 Å². The summed E-state index contributed by atoms with van der Waals surface area (Å²) in [6.07, 6.45) is 1.63. The van der Waals surface area contributed by atoms with E-state index >= 15 is 0 Å². The Morgan fingerprint density at radius 2 is 1.88 bits per heavy atom. The van der Waals surface area contributed by atoms with Gasteiger partial charge in [-0.15, -0.1) is 0 Å². The molecule has 0 aliphatic heterocycles. The van der Waals surface area contributed by atoms with Crippen LogP contribution in [0.1, 0.15) is 34.7 Å². The number of methoxy groups -OCH3 is 1. The molecule has 4 nitrogen and oxygen atoms in total. The molecule has 1 aliphatic rings. The first-order valence-electron chi connectivity index (χ1n) is 5.54. The lowest BCUT2D eigenvalue weighted by atomic mass is 9.70. The van der Waals surface area contributed by atoms with Crippen molar-refractivity contribution in [3.05, 3.63) is 35.4 Å². The van der Waals surface area contributed by atoms with Crippen LogP contribution in [0, 0.1) is 5.92 Å². The highest BCUT2D eigenvalue weighted by Gasteiger charge is 2.37. The van der Waals surface area contributed by atoms with Gasteiger partial charge in [-0.2, -0.15) is 0 Å². The standard InChI is InChI=1S/C13H14O4/c1-17-13(16)9-4-2-8(3-5-9)10-6-7-11(10)12(14)15/h2-5,10-11H,6-7H2,1H3,(H,14,15)/t10-,11-/m0/s1. The van der Waals surface area contributed by atoms with E-state index in [0.29, 0.717) is 5.56 Å². The van der Waals surface area contributed by atoms with Crippen molar-refractivity contribution in [1.29, 1.82) is 0 Å². The first-order chi connectivity index (χ1) is 8.13. The highest BCUT2D eigenvalue weighted by atomic mass is 16.5. The van der Waals surface area contributed by atoms with Gasteiger partial charge in [0, 0.05) is 0 Å². The zero-order valence-electron chi connectivity index (χ0n) is 9.55. The molecule has 0 aromatic heterocycles. The molecular formula is C13H14O4. The molecule has 0 heterocycles. The molecule has 1 aromatic rings. The molecule has 17 heavy (non-hydrogen) atoms. The first kappa shape index (κ1) is 11.6. The highest BCUT2D eigenvalue weighted by Crippen LogP contribution is 2.42. The summed E-state index contributed by atoms with van der Waals surface area (Å²) in [5, 5.41) is 8.97. The van der Waals surface area contributed by atoms with Gasteiger partial charge in [-0.25, -0.2) is 4.79 Å². The van der Waals surface area contributed by atoms with Crippen LogP contribution < -0.4 is 0 Å². The van der Waals surface area contributed by atoms with E-state index in [-0.39, 0.29) is 17.8 Å². The van der Waals surface area contributed by atoms with Crippen LogP contribution in [0.25, 0.3) is 0 Å². The molecule has 90 valence electrons. The fraction of sp³-hybridized carbons (Fsp3) is 0.385. The normalized spacial score (nSPS) is 22.6. The Labute approximate surface area is 99.2 Å². The van der Waals surface area contributed by atoms with E-state index in [1.807, 2.05) is 12.1 Å². The predicted octanol–water partition coefficient (Wildman–Crippen LogP) is 2.05. The number of rotatable bonds is 3. The van der Waals surface area contributed by atoms with Gasteiger partial charge >= 0.3 is 11.9 Å². The molecule has 1 aliphatic carbocycles. The van der Waals surface area contributed by atoms with Crippen molar-refractivity contribution < 1.29 is 19.4 Å². The quantitative estimate of drug-likeness (QED) is 0.813. The topological polar surface area (TPSA) is 63.6 Å². The third-order valence-electron chi connectivity index (χ3n) is 3.35. The third kappa shape index (κ3) is 2.16. The monoisotopic (exact) mass is 234 g/mol. The Bertz CT molecular complexity index is 435. The second-order valence-corrected chi connectivity index (χ2v) is 4.24. The lowest BCUT2D eigenvalue weighted by Gasteiger charge is -2.33. The van der Waals surface area contributed by atoms with Gasteiger partial charge < -0.3 is 9.84 Å². The molecule has 0 radical (unpaired) electrons. The number of carboxylic acids is 1. The number of carboxylic acid groups (broad SMARTS) is 1. The molecule has 2 atom stereocenters. The number of hydrogen-bond donors (Lipinski definition) is 1. The Balaban J connectivity index is 2.13. The minimum atomic E-state index is -0.738. The maximum absolute atomic E-state index is 11.2. The van der Waals surface area contributed by atoms with Crippen molar-refractivity contribution in [3.8, 4) is 0 Å². The summed E-state index contributed by atoms with van der Waals surface area (Å²) < 4.78 is 4.60. The number of ether oxygens (including phenoxy) is 1. The van der Waals surface area contributed by atoms with Crippen LogP contribution in [-0.4, -0.2) is 24.2 Å². The second kappa shape index (κ2) is 4.57. The van der Waals surface area contributed by atoms with Crippen LogP contribution >= 0.6 is 0 Å². The number of hydrogen-bond acceptors (Lipinski definition) is 3. The molecule has 1 saturated carbocycles. The lowest BCUT2D eigenvalue weighted by Crippen LogP contribution is -2.30. The van der Waals surface area contributed by atoms with E-state index in [2.05, 4.69) is 4.74 Å². The van der Waals surface area contributed by atoms with Gasteiger partial charge in [0.1, 0.15) is 0 Å². The van der Waals surface area contributed by atoms with E-state index in [4.69, 9.17) is 5.11 Å². The Morgan fingerprint density at radius 3 is 2.29 bits per heavy atom. The van der Waals surface area contributed by atoms with Crippen LogP contribution in [0.5, 0.6) is 0 Å². The van der Waals surface area contributed by atoms with Gasteiger partial charge in [0.15, 0.2) is 0 Å². The zero-order chi connectivity index (χ0) is 12.4. The van der Waals surface area contributed by atoms with E-state index in [1.54, 1.807) is 12.1 Å². The second-order valence-electron chi connectivity index (χ2n) is 4.24. The summed E-state index contributed by atoms with van der Waals surface area (Å²) in [4.78, 5) is 22.1. The van der Waals surface area contributed by atoms with Gasteiger partial charge in [0.2, 0.25) is 0 Å². The third-order valence-corrected chi connectivity index (χ3v) is 3.35. The van der Waals surface area contributed by atoms with Crippen molar-refractivity contribution in [3.63, 3.8) is 0 Å². The fourth-order valence-corrected chi connectivity index (χ4v) is 2.18. The van der Waals surface area contributed by atoms with Gasteiger partial charge in [-0.3, -0.25) is 4.79 Å². The van der Waals surface area contributed by atoms with Crippen molar-refractivity contribution in [2.45, 2.75) is 18.8 Å². The molecule has 0 bridgehead atoms. The zero-order valence-corrected chi connectivity index (χ0v) is 9.55. The highest BCUT2D eigenvalue weighted by molar-refractivity contribution is 5.89. The largest absolute Gasteiger partial charge is 0.481 e. The predicted molar refractivity (Wildman–Crippen MR) is 60.9 cm³/mol. The maximum atomic E-state index is 11.2. The van der Waals surface area contributed by atoms with Crippen molar-refractivity contribution in [2.24, 2.45) is 5.92 Å². The molecule has 1 N–H and O–H groups in total. The van der Waals surface area contributed by atoms with Crippen molar-refractivity contribution in [1.82, 2.24) is 0 Å². The van der Waals surface area contributed by atoms with Crippen LogP contribution in [-0.2, 0) is 9.53 Å². The number of esters is 1. The minimum Gasteiger partial charge on any atom is -0.481 e. The number of carbonyl (C=O) groups excluding carboxylic acids is 1. The van der Waals surface area contributed by atoms with Gasteiger partial charge in [-0.05, 0) is 36.5 Å². The van der Waals surface area contributed by atoms with Gasteiger partial charge in [0.25, 0.3) is 0 Å². The van der Waals surface area contributed by atoms with Gasteiger partial charge in [-0.1, -0.05) is 12.1 Å². The van der Waals surface area contributed by atoms with Gasteiger partial charge in [0.05, 0.1) is 18.6 Å². The summed E-state index contributed by atoms with van der Waals surface area (Å²) in [5.74, 6) is -1.31. The van der Waals surface area contributed by atoms with Crippen molar-refractivity contribution >= 4 is 11.9 Å². The molecule has 0 saturated heterocycles. The summed E-state index contributed by atoms with van der Waals surface area (Å²) in [6.45, 7) is 0. The first-order valence-corrected chi connectivity index (χ1v) is 5.54. The van der Waals surface area contributed by atoms with Crippen LogP contribution in [0.4, 0.5) is 0 Å². The maximum Gasteiger partial charge on any atom is 0.337 e. The summed E-state index contributed by atoms with van der Waals surface area (Å²) in [6, 6.07) is 6.98. The number of carbonyl (C=O) groups is 2. The summed E-state index contributed by atoms with van der Waals surface area (Å²) in [7, 11) is 1.34. The Kier molecular flexibility index (Phi) is 3.13. The van der Waals surface area contributed by atoms with Crippen molar-refractivity contribution in [2.75, 3.05) is 7.11 Å². The molecule has 4 heteroatoms. The summed E-state index contributed by atoms with van der Waals surface area (Å²) >= 11 is 0. The van der Waals surface area contributed by atoms with Crippen LogP contribution in [0.2, 0.25) is 0 Å². The van der Waals surface area contributed by atoms with E-state index in [1.165, 1.54) is 7.11 Å². The lowest BCUT2D eigenvalue weighted by molar-refractivity contribution is -0.145. The summed E-state index contributed by atoms with van der Waals surface area (Å²) in [5.41, 5.74) is 1.47. The molecule has 1 aromatic carbocycles. The average molecular weight is 234 g/mol. The SMILES string of the molecule is COC(=O)c1ccc([C@@H]2CC[C@@H]2C(=O)O)cc1. The molecule has 0 unspecified atom stereocenters. The Hall–Kier alpha value is -1.84. The molecule has 0 amide bonds. The van der Waals surface area contributed by atoms with E-state index in [0.717, 1.165) is 18.4 Å². The molecule has 2 rings (SSSR count). The Morgan fingerprint density at radius 1 is 1.24 bits per heavy atom. The van der Waals surface area contributed by atoms with Crippen LogP contribution in [0.3, 0.4) is 0 Å². The fourth-order valence-electron chi connectivity index (χ4n) is 2.18. The molecular weight excluding hydrogens is 220 g/mol.